The van der Waals surface area contributed by atoms with Crippen LogP contribution in [0.3, 0.4) is 0 Å². The van der Waals surface area contributed by atoms with Crippen molar-refractivity contribution in [1.82, 2.24) is 4.90 Å². The largest absolute Gasteiger partial charge is 0.373 e. The molecule has 0 aliphatic carbocycles. The second-order valence-electron chi connectivity index (χ2n) is 4.56. The van der Waals surface area contributed by atoms with Gasteiger partial charge in [-0.05, 0) is 37.5 Å². The molecular weight excluding hydrogens is 200 g/mol. The predicted molar refractivity (Wildman–Crippen MR) is 65.6 cm³/mol. The highest BCUT2D eigenvalue weighted by Crippen LogP contribution is 2.20. The third kappa shape index (κ3) is 2.03. The minimum absolute atomic E-state index is 0.0505. The fourth-order valence-corrected chi connectivity index (χ4v) is 2.04. The number of likely N-dealkylation sites (N-methyl/N-ethyl adjacent to an activating group) is 1. The Labute approximate surface area is 96.5 Å². The van der Waals surface area contributed by atoms with Gasteiger partial charge in [0.25, 0.3) is 0 Å². The summed E-state index contributed by atoms with van der Waals surface area (Å²) in [6.07, 6.45) is 0.892. The number of aryl methyl sites for hydroxylation is 2. The van der Waals surface area contributed by atoms with Crippen LogP contribution in [-0.2, 0) is 4.79 Å². The quantitative estimate of drug-likeness (QED) is 0.822. The highest BCUT2D eigenvalue weighted by Gasteiger charge is 2.28. The van der Waals surface area contributed by atoms with Gasteiger partial charge in [0.05, 0.1) is 0 Å². The van der Waals surface area contributed by atoms with E-state index in [1.165, 1.54) is 11.1 Å². The molecule has 1 aliphatic heterocycles. The predicted octanol–water partition coefficient (Wildman–Crippen LogP) is 1.95. The van der Waals surface area contributed by atoms with Gasteiger partial charge in [-0.3, -0.25) is 4.79 Å². The van der Waals surface area contributed by atoms with E-state index in [1.54, 1.807) is 4.90 Å². The molecule has 1 aromatic carbocycles. The first-order valence-corrected chi connectivity index (χ1v) is 5.66. The summed E-state index contributed by atoms with van der Waals surface area (Å²) in [6.45, 7) is 4.97. The van der Waals surface area contributed by atoms with Crippen LogP contribution in [0.2, 0.25) is 0 Å². The van der Waals surface area contributed by atoms with Gasteiger partial charge in [-0.15, -0.1) is 0 Å². The van der Waals surface area contributed by atoms with E-state index in [9.17, 15) is 4.79 Å². The first-order chi connectivity index (χ1) is 7.58. The topological polar surface area (TPSA) is 32.3 Å². The summed E-state index contributed by atoms with van der Waals surface area (Å²) in [5, 5.41) is 3.34. The zero-order valence-electron chi connectivity index (χ0n) is 10.1. The number of likely N-dealkylation sites (tertiary alicyclic amines) is 1. The third-order valence-corrected chi connectivity index (χ3v) is 3.15. The van der Waals surface area contributed by atoms with E-state index in [2.05, 4.69) is 37.4 Å². The van der Waals surface area contributed by atoms with Gasteiger partial charge in [0.15, 0.2) is 0 Å². The van der Waals surface area contributed by atoms with Crippen LogP contribution in [0.25, 0.3) is 0 Å². The Morgan fingerprint density at radius 1 is 1.38 bits per heavy atom. The van der Waals surface area contributed by atoms with Crippen LogP contribution in [0.5, 0.6) is 0 Å². The molecule has 1 saturated heterocycles. The van der Waals surface area contributed by atoms with Gasteiger partial charge in [0.2, 0.25) is 5.91 Å². The van der Waals surface area contributed by atoms with Crippen molar-refractivity contribution >= 4 is 11.6 Å². The van der Waals surface area contributed by atoms with Gasteiger partial charge in [0, 0.05) is 19.3 Å². The molecule has 3 nitrogen and oxygen atoms in total. The van der Waals surface area contributed by atoms with E-state index in [1.807, 2.05) is 7.05 Å². The van der Waals surface area contributed by atoms with Crippen molar-refractivity contribution in [2.75, 3.05) is 18.9 Å². The zero-order chi connectivity index (χ0) is 11.7. The Balaban J connectivity index is 2.15. The summed E-state index contributed by atoms with van der Waals surface area (Å²) in [4.78, 5) is 13.5. The summed E-state index contributed by atoms with van der Waals surface area (Å²) in [5.41, 5.74) is 3.48. The van der Waals surface area contributed by atoms with E-state index < -0.39 is 0 Å². The molecule has 0 saturated carbocycles. The molecule has 16 heavy (non-hydrogen) atoms. The van der Waals surface area contributed by atoms with Crippen LogP contribution in [-0.4, -0.2) is 30.4 Å². The monoisotopic (exact) mass is 218 g/mol. The number of rotatable bonds is 2. The van der Waals surface area contributed by atoms with Gasteiger partial charge < -0.3 is 10.2 Å². The molecule has 2 rings (SSSR count). The van der Waals surface area contributed by atoms with Gasteiger partial charge in [-0.25, -0.2) is 0 Å². The van der Waals surface area contributed by atoms with Crippen molar-refractivity contribution in [2.45, 2.75) is 26.3 Å². The van der Waals surface area contributed by atoms with Crippen LogP contribution >= 0.6 is 0 Å². The number of amides is 1. The number of carbonyl (C=O) groups excluding carboxylic acids is 1. The standard InChI is InChI=1S/C13H18N2O/c1-9-4-5-10(2)12(8-9)14-11-6-7-15(3)13(11)16/h4-5,8,11,14H,6-7H2,1-3H3. The fraction of sp³-hybridized carbons (Fsp3) is 0.462. The molecule has 1 fully saturated rings. The number of hydrogen-bond donors (Lipinski definition) is 1. The lowest BCUT2D eigenvalue weighted by Crippen LogP contribution is -2.31. The zero-order valence-corrected chi connectivity index (χ0v) is 10.1. The Kier molecular flexibility index (Phi) is 2.86. The first-order valence-electron chi connectivity index (χ1n) is 5.66. The molecular formula is C13H18N2O. The summed E-state index contributed by atoms with van der Waals surface area (Å²) in [6, 6.07) is 6.22. The molecule has 1 amide bonds. The van der Waals surface area contributed by atoms with E-state index in [0.717, 1.165) is 18.7 Å². The summed E-state index contributed by atoms with van der Waals surface area (Å²) >= 11 is 0. The minimum atomic E-state index is -0.0505. The number of hydrogen-bond acceptors (Lipinski definition) is 2. The molecule has 0 spiro atoms. The first kappa shape index (κ1) is 11.0. The molecule has 0 bridgehead atoms. The fourth-order valence-electron chi connectivity index (χ4n) is 2.04. The van der Waals surface area contributed by atoms with E-state index in [0.29, 0.717) is 0 Å². The average molecular weight is 218 g/mol. The van der Waals surface area contributed by atoms with E-state index in [-0.39, 0.29) is 11.9 Å². The number of nitrogens with zero attached hydrogens (tertiary/aromatic N) is 1. The van der Waals surface area contributed by atoms with Gasteiger partial charge in [-0.2, -0.15) is 0 Å². The van der Waals surface area contributed by atoms with Crippen molar-refractivity contribution in [2.24, 2.45) is 0 Å². The minimum Gasteiger partial charge on any atom is -0.373 e. The maximum atomic E-state index is 11.8. The molecule has 1 aliphatic rings. The third-order valence-electron chi connectivity index (χ3n) is 3.15. The molecule has 0 radical (unpaired) electrons. The number of anilines is 1. The Morgan fingerprint density at radius 2 is 2.12 bits per heavy atom. The van der Waals surface area contributed by atoms with Crippen molar-refractivity contribution in [3.05, 3.63) is 29.3 Å². The van der Waals surface area contributed by atoms with Crippen molar-refractivity contribution < 1.29 is 4.79 Å². The summed E-state index contributed by atoms with van der Waals surface area (Å²) in [5.74, 6) is 0.195. The number of carbonyl (C=O) groups is 1. The molecule has 1 heterocycles. The second kappa shape index (κ2) is 4.16. The number of nitrogens with one attached hydrogen (secondary N) is 1. The van der Waals surface area contributed by atoms with Gasteiger partial charge in [-0.1, -0.05) is 12.1 Å². The van der Waals surface area contributed by atoms with Crippen LogP contribution in [0.1, 0.15) is 17.5 Å². The van der Waals surface area contributed by atoms with Gasteiger partial charge >= 0.3 is 0 Å². The Morgan fingerprint density at radius 3 is 2.75 bits per heavy atom. The summed E-state index contributed by atoms with van der Waals surface area (Å²) < 4.78 is 0. The Hall–Kier alpha value is -1.51. The second-order valence-corrected chi connectivity index (χ2v) is 4.56. The maximum absolute atomic E-state index is 11.8. The maximum Gasteiger partial charge on any atom is 0.244 e. The van der Waals surface area contributed by atoms with E-state index >= 15 is 0 Å². The van der Waals surface area contributed by atoms with Crippen molar-refractivity contribution in [3.8, 4) is 0 Å². The van der Waals surface area contributed by atoms with E-state index in [4.69, 9.17) is 0 Å². The average Bonchev–Trinajstić information content (AvgIpc) is 2.55. The summed E-state index contributed by atoms with van der Waals surface area (Å²) in [7, 11) is 1.85. The number of benzene rings is 1. The highest BCUT2D eigenvalue weighted by atomic mass is 16.2. The van der Waals surface area contributed by atoms with Crippen LogP contribution in [0, 0.1) is 13.8 Å². The van der Waals surface area contributed by atoms with Crippen LogP contribution in [0.15, 0.2) is 18.2 Å². The molecule has 86 valence electrons. The molecule has 1 atom stereocenters. The lowest BCUT2D eigenvalue weighted by molar-refractivity contribution is -0.127. The Bertz CT molecular complexity index is 414. The lowest BCUT2D eigenvalue weighted by Gasteiger charge is -2.15. The molecule has 1 aromatic rings. The van der Waals surface area contributed by atoms with Gasteiger partial charge in [0.1, 0.15) is 6.04 Å². The lowest BCUT2D eigenvalue weighted by atomic mass is 10.1. The van der Waals surface area contributed by atoms with Crippen molar-refractivity contribution in [1.29, 1.82) is 0 Å². The molecule has 0 aromatic heterocycles. The molecule has 1 unspecified atom stereocenters. The van der Waals surface area contributed by atoms with Crippen molar-refractivity contribution in [3.63, 3.8) is 0 Å². The normalized spacial score (nSPS) is 20.3. The van der Waals surface area contributed by atoms with Crippen LogP contribution < -0.4 is 5.32 Å². The highest BCUT2D eigenvalue weighted by molar-refractivity contribution is 5.86. The molecule has 3 heteroatoms. The molecule has 1 N–H and O–H groups in total. The van der Waals surface area contributed by atoms with Crippen LogP contribution in [0.4, 0.5) is 5.69 Å². The smallest absolute Gasteiger partial charge is 0.244 e. The SMILES string of the molecule is Cc1ccc(C)c(NC2CCN(C)C2=O)c1.